The molecule has 0 aliphatic heterocycles. The Morgan fingerprint density at radius 2 is 1.86 bits per heavy atom. The van der Waals surface area contributed by atoms with E-state index in [4.69, 9.17) is 5.73 Å². The van der Waals surface area contributed by atoms with Gasteiger partial charge in [-0.05, 0) is 37.9 Å². The van der Waals surface area contributed by atoms with Crippen LogP contribution in [0.3, 0.4) is 0 Å². The number of hydrogen-bond donors (Lipinski definition) is 2. The fraction of sp³-hybridized carbons (Fsp3) is 0.588. The largest absolute Gasteiger partial charge is 0.326 e. The molecule has 0 radical (unpaired) electrons. The third-order valence-corrected chi connectivity index (χ3v) is 4.35. The molecule has 4 heteroatoms. The average molecular weight is 291 g/mol. The molecule has 4 nitrogen and oxygen atoms in total. The second kappa shape index (κ2) is 7.05. The molecular formula is C17H29N3O. The Morgan fingerprint density at radius 3 is 2.38 bits per heavy atom. The van der Waals surface area contributed by atoms with Gasteiger partial charge in [0.05, 0.1) is 6.04 Å². The molecule has 0 saturated carbocycles. The summed E-state index contributed by atoms with van der Waals surface area (Å²) < 4.78 is 0. The molecule has 0 bridgehead atoms. The first-order valence-corrected chi connectivity index (χ1v) is 7.49. The van der Waals surface area contributed by atoms with Crippen molar-refractivity contribution in [3.8, 4) is 0 Å². The van der Waals surface area contributed by atoms with E-state index < -0.39 is 0 Å². The minimum absolute atomic E-state index is 0.00509. The summed E-state index contributed by atoms with van der Waals surface area (Å²) in [5.41, 5.74) is 7.58. The zero-order valence-corrected chi connectivity index (χ0v) is 14.1. The first-order chi connectivity index (χ1) is 9.68. The lowest BCUT2D eigenvalue weighted by molar-refractivity contribution is -0.121. The number of benzene rings is 1. The molecule has 21 heavy (non-hydrogen) atoms. The monoisotopic (exact) mass is 291 g/mol. The maximum absolute atomic E-state index is 12.5. The minimum atomic E-state index is -0.204. The van der Waals surface area contributed by atoms with E-state index in [1.54, 1.807) is 0 Å². The third kappa shape index (κ3) is 4.55. The summed E-state index contributed by atoms with van der Waals surface area (Å²) in [6.07, 6.45) is 0. The van der Waals surface area contributed by atoms with Crippen LogP contribution in [0.4, 0.5) is 5.69 Å². The lowest BCUT2D eigenvalue weighted by Crippen LogP contribution is -2.48. The van der Waals surface area contributed by atoms with Crippen molar-refractivity contribution in [3.05, 3.63) is 29.8 Å². The van der Waals surface area contributed by atoms with Crippen LogP contribution in [0.1, 0.15) is 40.2 Å². The van der Waals surface area contributed by atoms with Crippen molar-refractivity contribution in [1.82, 2.24) is 4.90 Å². The average Bonchev–Trinajstić information content (AvgIpc) is 2.44. The number of hydrogen-bond acceptors (Lipinski definition) is 3. The van der Waals surface area contributed by atoms with E-state index >= 15 is 0 Å². The molecule has 2 unspecified atom stereocenters. The Bertz CT molecular complexity index is 479. The summed E-state index contributed by atoms with van der Waals surface area (Å²) in [5.74, 6) is -0.00509. The summed E-state index contributed by atoms with van der Waals surface area (Å²) >= 11 is 0. The maximum atomic E-state index is 12.5. The number of para-hydroxylation sites is 1. The maximum Gasteiger partial charge on any atom is 0.241 e. The molecule has 0 saturated heterocycles. The minimum Gasteiger partial charge on any atom is -0.326 e. The number of amides is 1. The van der Waals surface area contributed by atoms with Crippen molar-refractivity contribution >= 4 is 11.6 Å². The summed E-state index contributed by atoms with van der Waals surface area (Å²) in [6, 6.07) is 7.74. The van der Waals surface area contributed by atoms with Crippen LogP contribution < -0.4 is 11.1 Å². The first-order valence-electron chi connectivity index (χ1n) is 7.49. The Kier molecular flexibility index (Phi) is 5.93. The van der Waals surface area contributed by atoms with Gasteiger partial charge in [0, 0.05) is 18.3 Å². The molecule has 0 aliphatic rings. The van der Waals surface area contributed by atoms with Crippen LogP contribution in [0.25, 0.3) is 0 Å². The quantitative estimate of drug-likeness (QED) is 0.877. The van der Waals surface area contributed by atoms with Gasteiger partial charge in [0.25, 0.3) is 0 Å². The fourth-order valence-electron chi connectivity index (χ4n) is 2.19. The number of nitrogens with one attached hydrogen (secondary N) is 1. The van der Waals surface area contributed by atoms with Crippen LogP contribution >= 0.6 is 0 Å². The van der Waals surface area contributed by atoms with Crippen molar-refractivity contribution in [2.75, 3.05) is 12.4 Å². The number of rotatable bonds is 5. The fourth-order valence-corrected chi connectivity index (χ4v) is 2.19. The zero-order valence-electron chi connectivity index (χ0n) is 14.1. The van der Waals surface area contributed by atoms with E-state index in [9.17, 15) is 4.79 Å². The number of nitrogens with zero attached hydrogens (tertiary/aromatic N) is 1. The third-order valence-electron chi connectivity index (χ3n) is 4.35. The van der Waals surface area contributed by atoms with Crippen LogP contribution in [0, 0.1) is 5.41 Å². The van der Waals surface area contributed by atoms with E-state index in [-0.39, 0.29) is 17.4 Å². The predicted octanol–water partition coefficient (Wildman–Crippen LogP) is 2.84. The molecular weight excluding hydrogens is 262 g/mol. The molecule has 1 aromatic carbocycles. The Labute approximate surface area is 128 Å². The molecule has 0 spiro atoms. The van der Waals surface area contributed by atoms with Gasteiger partial charge in [0.15, 0.2) is 0 Å². The van der Waals surface area contributed by atoms with Crippen LogP contribution in [-0.4, -0.2) is 29.9 Å². The van der Waals surface area contributed by atoms with Crippen molar-refractivity contribution in [3.63, 3.8) is 0 Å². The Morgan fingerprint density at radius 1 is 1.29 bits per heavy atom. The van der Waals surface area contributed by atoms with Gasteiger partial charge in [-0.15, -0.1) is 0 Å². The highest BCUT2D eigenvalue weighted by atomic mass is 16.2. The summed E-state index contributed by atoms with van der Waals surface area (Å²) in [7, 11) is 2.00. The highest BCUT2D eigenvalue weighted by Gasteiger charge is 2.29. The number of carbonyl (C=O) groups excluding carboxylic acids is 1. The second-order valence-corrected chi connectivity index (χ2v) is 6.73. The molecule has 0 heterocycles. The van der Waals surface area contributed by atoms with E-state index in [1.165, 1.54) is 0 Å². The molecule has 0 fully saturated rings. The van der Waals surface area contributed by atoms with Gasteiger partial charge < -0.3 is 11.1 Å². The summed E-state index contributed by atoms with van der Waals surface area (Å²) in [4.78, 5) is 14.6. The van der Waals surface area contributed by atoms with E-state index in [0.717, 1.165) is 11.3 Å². The van der Waals surface area contributed by atoms with Crippen molar-refractivity contribution in [1.29, 1.82) is 0 Å². The molecule has 2 atom stereocenters. The normalized spacial score (nSPS) is 14.9. The van der Waals surface area contributed by atoms with Crippen molar-refractivity contribution in [2.24, 2.45) is 11.1 Å². The number of carbonyl (C=O) groups is 1. The van der Waals surface area contributed by atoms with Crippen LogP contribution in [0.15, 0.2) is 24.3 Å². The molecule has 1 aromatic rings. The van der Waals surface area contributed by atoms with Crippen LogP contribution in [0.5, 0.6) is 0 Å². The van der Waals surface area contributed by atoms with Crippen molar-refractivity contribution in [2.45, 2.75) is 53.2 Å². The van der Waals surface area contributed by atoms with Gasteiger partial charge in [-0.3, -0.25) is 9.69 Å². The zero-order chi connectivity index (χ0) is 16.2. The van der Waals surface area contributed by atoms with Crippen molar-refractivity contribution < 1.29 is 4.79 Å². The second-order valence-electron chi connectivity index (χ2n) is 6.73. The van der Waals surface area contributed by atoms with E-state index in [2.05, 4.69) is 37.9 Å². The topological polar surface area (TPSA) is 58.4 Å². The smallest absolute Gasteiger partial charge is 0.241 e. The highest BCUT2D eigenvalue weighted by molar-refractivity contribution is 5.95. The highest BCUT2D eigenvalue weighted by Crippen LogP contribution is 2.25. The van der Waals surface area contributed by atoms with Crippen LogP contribution in [-0.2, 0) is 11.3 Å². The predicted molar refractivity (Wildman–Crippen MR) is 89.1 cm³/mol. The number of nitrogens with two attached hydrogens (primary N) is 1. The SMILES string of the molecule is CC(C(=O)Nc1ccccc1CN)N(C)C(C)C(C)(C)C. The van der Waals surface area contributed by atoms with Gasteiger partial charge >= 0.3 is 0 Å². The molecule has 1 amide bonds. The standard InChI is InChI=1S/C17H29N3O/c1-12(20(6)13(2)17(3,4)5)16(21)19-15-10-8-7-9-14(15)11-18/h7-10,12-13H,11,18H2,1-6H3,(H,19,21). The van der Waals surface area contributed by atoms with E-state index in [0.29, 0.717) is 12.6 Å². The van der Waals surface area contributed by atoms with Gasteiger partial charge in [0.1, 0.15) is 0 Å². The summed E-state index contributed by atoms with van der Waals surface area (Å²) in [5, 5.41) is 2.99. The Hall–Kier alpha value is -1.39. The molecule has 0 aliphatic carbocycles. The number of anilines is 1. The molecule has 0 aromatic heterocycles. The Balaban J connectivity index is 2.79. The summed E-state index contributed by atoms with van der Waals surface area (Å²) in [6.45, 7) is 11.0. The molecule has 118 valence electrons. The van der Waals surface area contributed by atoms with Gasteiger partial charge in [-0.2, -0.15) is 0 Å². The van der Waals surface area contributed by atoms with Gasteiger partial charge in [-0.1, -0.05) is 39.0 Å². The molecule has 3 N–H and O–H groups in total. The van der Waals surface area contributed by atoms with Gasteiger partial charge in [0.2, 0.25) is 5.91 Å². The van der Waals surface area contributed by atoms with Gasteiger partial charge in [-0.25, -0.2) is 0 Å². The number of likely N-dealkylation sites (N-methyl/N-ethyl adjacent to an activating group) is 1. The van der Waals surface area contributed by atoms with Crippen LogP contribution in [0.2, 0.25) is 0 Å². The lowest BCUT2D eigenvalue weighted by atomic mass is 9.86. The van der Waals surface area contributed by atoms with E-state index in [1.807, 2.05) is 38.2 Å². The first kappa shape index (κ1) is 17.7. The molecule has 1 rings (SSSR count). The lowest BCUT2D eigenvalue weighted by Gasteiger charge is -2.38.